The molecule has 5 heteroatoms. The largest absolute Gasteiger partial charge is 0.478 e. The van der Waals surface area contributed by atoms with E-state index < -0.39 is 0 Å². The van der Waals surface area contributed by atoms with Crippen LogP contribution in [0.5, 0.6) is 5.88 Å². The molecule has 0 aliphatic heterocycles. The molecule has 112 valence electrons. The van der Waals surface area contributed by atoms with Crippen LogP contribution in [0.4, 0.5) is 15.9 Å². The van der Waals surface area contributed by atoms with E-state index in [-0.39, 0.29) is 5.82 Å². The Bertz CT molecular complexity index is 577. The highest BCUT2D eigenvalue weighted by molar-refractivity contribution is 5.60. The Morgan fingerprint density at radius 3 is 2.71 bits per heavy atom. The third-order valence-corrected chi connectivity index (χ3v) is 3.01. The van der Waals surface area contributed by atoms with Gasteiger partial charge < -0.3 is 15.4 Å². The van der Waals surface area contributed by atoms with Crippen molar-refractivity contribution in [2.75, 3.05) is 24.6 Å². The molecule has 0 fully saturated rings. The Balaban J connectivity index is 2.36. The van der Waals surface area contributed by atoms with Crippen LogP contribution in [0.1, 0.15) is 13.3 Å². The van der Waals surface area contributed by atoms with Crippen LogP contribution in [-0.2, 0) is 0 Å². The van der Waals surface area contributed by atoms with E-state index in [1.807, 2.05) is 24.0 Å². The number of nitrogens with zero attached hydrogens (tertiary/aromatic N) is 2. The molecule has 0 saturated carbocycles. The lowest BCUT2D eigenvalue weighted by molar-refractivity contribution is 0.327. The van der Waals surface area contributed by atoms with Crippen LogP contribution in [0.25, 0.3) is 0 Å². The van der Waals surface area contributed by atoms with Crippen LogP contribution in [0.2, 0.25) is 0 Å². The number of hydrogen-bond donors (Lipinski definition) is 1. The van der Waals surface area contributed by atoms with Crippen molar-refractivity contribution in [2.45, 2.75) is 13.3 Å². The van der Waals surface area contributed by atoms with Gasteiger partial charge in [0.2, 0.25) is 5.88 Å². The lowest BCUT2D eigenvalue weighted by Crippen LogP contribution is -2.23. The second-order valence-electron chi connectivity index (χ2n) is 4.51. The van der Waals surface area contributed by atoms with Crippen LogP contribution in [-0.4, -0.2) is 24.7 Å². The number of pyridine rings is 1. The molecule has 0 radical (unpaired) electrons. The highest BCUT2D eigenvalue weighted by Gasteiger charge is 2.14. The minimum Gasteiger partial charge on any atom is -0.478 e. The van der Waals surface area contributed by atoms with Crippen molar-refractivity contribution >= 4 is 11.5 Å². The minimum atomic E-state index is -0.280. The lowest BCUT2D eigenvalue weighted by Gasteiger charge is -2.24. The predicted molar refractivity (Wildman–Crippen MR) is 82.5 cm³/mol. The SMILES string of the molecule is CCOc1cccc(N(CCCN)c2ccccc2F)n1. The molecule has 0 aliphatic carbocycles. The first-order chi connectivity index (χ1) is 10.3. The number of hydrogen-bond acceptors (Lipinski definition) is 4. The fourth-order valence-corrected chi connectivity index (χ4v) is 2.06. The van der Waals surface area contributed by atoms with E-state index in [0.29, 0.717) is 37.1 Å². The molecule has 2 rings (SSSR count). The van der Waals surface area contributed by atoms with E-state index in [2.05, 4.69) is 4.98 Å². The Morgan fingerprint density at radius 1 is 1.19 bits per heavy atom. The molecular formula is C16H20FN3O. The van der Waals surface area contributed by atoms with Gasteiger partial charge in [-0.25, -0.2) is 4.39 Å². The van der Waals surface area contributed by atoms with Gasteiger partial charge in [0.25, 0.3) is 0 Å². The van der Waals surface area contributed by atoms with Gasteiger partial charge in [0.05, 0.1) is 12.3 Å². The lowest BCUT2D eigenvalue weighted by atomic mass is 10.2. The molecule has 2 N–H and O–H groups in total. The Kier molecular flexibility index (Phi) is 5.51. The van der Waals surface area contributed by atoms with Gasteiger partial charge >= 0.3 is 0 Å². The van der Waals surface area contributed by atoms with E-state index >= 15 is 0 Å². The molecular weight excluding hydrogens is 269 g/mol. The standard InChI is InChI=1S/C16H20FN3O/c1-2-21-16-10-5-9-15(19-16)20(12-6-11-18)14-8-4-3-7-13(14)17/h3-5,7-10H,2,6,11-12,18H2,1H3. The highest BCUT2D eigenvalue weighted by atomic mass is 19.1. The second kappa shape index (κ2) is 7.59. The van der Waals surface area contributed by atoms with Gasteiger partial charge in [-0.1, -0.05) is 18.2 Å². The van der Waals surface area contributed by atoms with Crippen molar-refractivity contribution in [3.05, 3.63) is 48.3 Å². The highest BCUT2D eigenvalue weighted by Crippen LogP contribution is 2.27. The van der Waals surface area contributed by atoms with E-state index in [1.165, 1.54) is 6.07 Å². The molecule has 0 aliphatic rings. The van der Waals surface area contributed by atoms with E-state index in [9.17, 15) is 4.39 Å². The maximum absolute atomic E-state index is 14.1. The van der Waals surface area contributed by atoms with Crippen LogP contribution < -0.4 is 15.4 Å². The fourth-order valence-electron chi connectivity index (χ4n) is 2.06. The van der Waals surface area contributed by atoms with Crippen LogP contribution >= 0.6 is 0 Å². The van der Waals surface area contributed by atoms with Crippen LogP contribution in [0.15, 0.2) is 42.5 Å². The summed E-state index contributed by atoms with van der Waals surface area (Å²) in [6.07, 6.45) is 0.745. The zero-order valence-corrected chi connectivity index (χ0v) is 12.1. The van der Waals surface area contributed by atoms with Crippen molar-refractivity contribution in [1.82, 2.24) is 4.98 Å². The molecule has 0 atom stereocenters. The summed E-state index contributed by atoms with van der Waals surface area (Å²) in [5, 5.41) is 0. The Morgan fingerprint density at radius 2 is 2.00 bits per heavy atom. The van der Waals surface area contributed by atoms with Crippen molar-refractivity contribution in [3.8, 4) is 5.88 Å². The minimum absolute atomic E-state index is 0.280. The monoisotopic (exact) mass is 289 g/mol. The molecule has 1 aromatic carbocycles. The van der Waals surface area contributed by atoms with E-state index in [1.54, 1.807) is 24.3 Å². The second-order valence-corrected chi connectivity index (χ2v) is 4.51. The fraction of sp³-hybridized carbons (Fsp3) is 0.312. The van der Waals surface area contributed by atoms with Crippen LogP contribution in [0, 0.1) is 5.82 Å². The molecule has 1 aromatic heterocycles. The molecule has 1 heterocycles. The molecule has 0 spiro atoms. The zero-order valence-electron chi connectivity index (χ0n) is 12.1. The summed E-state index contributed by atoms with van der Waals surface area (Å²) in [5.41, 5.74) is 6.08. The Labute approximate surface area is 124 Å². The summed E-state index contributed by atoms with van der Waals surface area (Å²) >= 11 is 0. The summed E-state index contributed by atoms with van der Waals surface area (Å²) < 4.78 is 19.5. The first kappa shape index (κ1) is 15.3. The molecule has 0 amide bonds. The number of para-hydroxylation sites is 1. The molecule has 4 nitrogen and oxygen atoms in total. The van der Waals surface area contributed by atoms with Gasteiger partial charge in [-0.15, -0.1) is 0 Å². The summed E-state index contributed by atoms with van der Waals surface area (Å²) in [4.78, 5) is 6.25. The molecule has 0 unspecified atom stereocenters. The number of halogens is 1. The van der Waals surface area contributed by atoms with Gasteiger partial charge in [-0.3, -0.25) is 0 Å². The summed E-state index contributed by atoms with van der Waals surface area (Å²) in [7, 11) is 0. The van der Waals surface area contributed by atoms with E-state index in [0.717, 1.165) is 6.42 Å². The number of nitrogens with two attached hydrogens (primary N) is 1. The van der Waals surface area contributed by atoms with Gasteiger partial charge in [0.1, 0.15) is 11.6 Å². The topological polar surface area (TPSA) is 51.4 Å². The van der Waals surface area contributed by atoms with Crippen LogP contribution in [0.3, 0.4) is 0 Å². The van der Waals surface area contributed by atoms with Gasteiger partial charge in [-0.2, -0.15) is 4.98 Å². The quantitative estimate of drug-likeness (QED) is 0.851. The average molecular weight is 289 g/mol. The third kappa shape index (κ3) is 3.92. The van der Waals surface area contributed by atoms with Crippen molar-refractivity contribution in [2.24, 2.45) is 5.73 Å². The summed E-state index contributed by atoms with van der Waals surface area (Å²) in [6.45, 7) is 3.58. The zero-order chi connectivity index (χ0) is 15.1. The maximum Gasteiger partial charge on any atom is 0.215 e. The third-order valence-electron chi connectivity index (χ3n) is 3.01. The molecule has 0 saturated heterocycles. The summed E-state index contributed by atoms with van der Waals surface area (Å²) in [6, 6.07) is 12.1. The smallest absolute Gasteiger partial charge is 0.215 e. The van der Waals surface area contributed by atoms with Gasteiger partial charge in [-0.05, 0) is 38.1 Å². The summed E-state index contributed by atoms with van der Waals surface area (Å²) in [5.74, 6) is 0.904. The molecule has 0 bridgehead atoms. The molecule has 2 aromatic rings. The first-order valence-corrected chi connectivity index (χ1v) is 7.08. The van der Waals surface area contributed by atoms with Crippen molar-refractivity contribution < 1.29 is 9.13 Å². The van der Waals surface area contributed by atoms with Crippen molar-refractivity contribution in [3.63, 3.8) is 0 Å². The number of benzene rings is 1. The maximum atomic E-state index is 14.1. The normalized spacial score (nSPS) is 10.4. The Hall–Kier alpha value is -2.14. The number of ether oxygens (including phenoxy) is 1. The number of anilines is 2. The predicted octanol–water partition coefficient (Wildman–Crippen LogP) is 3.11. The van der Waals surface area contributed by atoms with E-state index in [4.69, 9.17) is 10.5 Å². The van der Waals surface area contributed by atoms with Gasteiger partial charge in [0.15, 0.2) is 0 Å². The van der Waals surface area contributed by atoms with Gasteiger partial charge in [0, 0.05) is 12.6 Å². The average Bonchev–Trinajstić information content (AvgIpc) is 2.50. The number of rotatable bonds is 7. The number of aromatic nitrogens is 1. The molecule has 21 heavy (non-hydrogen) atoms. The van der Waals surface area contributed by atoms with Crippen molar-refractivity contribution in [1.29, 1.82) is 0 Å². The first-order valence-electron chi connectivity index (χ1n) is 7.08.